The van der Waals surface area contributed by atoms with Crippen LogP contribution in [0.5, 0.6) is 5.75 Å². The molecule has 0 fully saturated rings. The van der Waals surface area contributed by atoms with Crippen molar-refractivity contribution in [3.63, 3.8) is 0 Å². The first-order chi connectivity index (χ1) is 12.5. The van der Waals surface area contributed by atoms with Crippen molar-refractivity contribution in [2.75, 3.05) is 0 Å². The SMILES string of the molecule is CCn1c(COc2cc(C)cc(C)c2)nnc1SCc1ccc(C)cc1. The highest BCUT2D eigenvalue weighted by molar-refractivity contribution is 7.98. The Hall–Kier alpha value is -2.27. The first-order valence-corrected chi connectivity index (χ1v) is 9.85. The number of hydrogen-bond donors (Lipinski definition) is 0. The maximum atomic E-state index is 5.95. The second-order valence-corrected chi connectivity index (χ2v) is 7.47. The lowest BCUT2D eigenvalue weighted by atomic mass is 10.1. The Morgan fingerprint density at radius 1 is 0.923 bits per heavy atom. The van der Waals surface area contributed by atoms with Crippen molar-refractivity contribution in [2.24, 2.45) is 0 Å². The third-order valence-corrected chi connectivity index (χ3v) is 5.20. The van der Waals surface area contributed by atoms with Crippen LogP contribution in [0.3, 0.4) is 0 Å². The number of aromatic nitrogens is 3. The summed E-state index contributed by atoms with van der Waals surface area (Å²) < 4.78 is 8.08. The molecule has 1 aromatic heterocycles. The van der Waals surface area contributed by atoms with Gasteiger partial charge in [-0.15, -0.1) is 10.2 Å². The van der Waals surface area contributed by atoms with Crippen molar-refractivity contribution in [3.05, 3.63) is 70.5 Å². The molecule has 2 aromatic carbocycles. The summed E-state index contributed by atoms with van der Waals surface area (Å²) in [6, 6.07) is 14.9. The Morgan fingerprint density at radius 2 is 1.62 bits per heavy atom. The zero-order chi connectivity index (χ0) is 18.5. The van der Waals surface area contributed by atoms with Gasteiger partial charge < -0.3 is 9.30 Å². The number of hydrogen-bond acceptors (Lipinski definition) is 4. The van der Waals surface area contributed by atoms with Gasteiger partial charge in [-0.3, -0.25) is 0 Å². The van der Waals surface area contributed by atoms with Crippen molar-refractivity contribution >= 4 is 11.8 Å². The molecule has 1 heterocycles. The second-order valence-electron chi connectivity index (χ2n) is 6.53. The monoisotopic (exact) mass is 367 g/mol. The first-order valence-electron chi connectivity index (χ1n) is 8.86. The molecule has 0 bridgehead atoms. The molecule has 0 saturated heterocycles. The van der Waals surface area contributed by atoms with Crippen LogP contribution in [0.15, 0.2) is 47.6 Å². The Morgan fingerprint density at radius 3 is 2.27 bits per heavy atom. The van der Waals surface area contributed by atoms with Crippen LogP contribution in [0.25, 0.3) is 0 Å². The summed E-state index contributed by atoms with van der Waals surface area (Å²) in [7, 11) is 0. The number of ether oxygens (including phenoxy) is 1. The highest BCUT2D eigenvalue weighted by Crippen LogP contribution is 2.23. The average molecular weight is 368 g/mol. The number of nitrogens with zero attached hydrogens (tertiary/aromatic N) is 3. The molecular weight excluding hydrogens is 342 g/mol. The summed E-state index contributed by atoms with van der Waals surface area (Å²) in [4.78, 5) is 0. The van der Waals surface area contributed by atoms with E-state index in [4.69, 9.17) is 4.74 Å². The van der Waals surface area contributed by atoms with Gasteiger partial charge in [0.1, 0.15) is 12.4 Å². The number of aryl methyl sites for hydroxylation is 3. The maximum absolute atomic E-state index is 5.95. The van der Waals surface area contributed by atoms with Gasteiger partial charge in [-0.25, -0.2) is 0 Å². The lowest BCUT2D eigenvalue weighted by molar-refractivity contribution is 0.288. The zero-order valence-corrected chi connectivity index (χ0v) is 16.6. The second kappa shape index (κ2) is 8.41. The smallest absolute Gasteiger partial charge is 0.191 e. The zero-order valence-electron chi connectivity index (χ0n) is 15.8. The van der Waals surface area contributed by atoms with Crippen LogP contribution in [0.4, 0.5) is 0 Å². The number of thioether (sulfide) groups is 1. The normalized spacial score (nSPS) is 10.9. The third kappa shape index (κ3) is 4.67. The standard InChI is InChI=1S/C21H25N3OS/c1-5-24-20(13-25-19-11-16(3)10-17(4)12-19)22-23-21(24)26-14-18-8-6-15(2)7-9-18/h6-12H,5,13-14H2,1-4H3. The van der Waals surface area contributed by atoms with Gasteiger partial charge in [0.2, 0.25) is 0 Å². The van der Waals surface area contributed by atoms with Crippen LogP contribution in [-0.4, -0.2) is 14.8 Å². The molecule has 0 atom stereocenters. The highest BCUT2D eigenvalue weighted by Gasteiger charge is 2.12. The van der Waals surface area contributed by atoms with Gasteiger partial charge >= 0.3 is 0 Å². The van der Waals surface area contributed by atoms with Gasteiger partial charge in [-0.1, -0.05) is 47.7 Å². The molecule has 0 amide bonds. The van der Waals surface area contributed by atoms with Gasteiger partial charge in [0.05, 0.1) is 0 Å². The molecular formula is C21H25N3OS. The minimum atomic E-state index is 0.425. The molecule has 26 heavy (non-hydrogen) atoms. The first kappa shape index (κ1) is 18.5. The van der Waals surface area contributed by atoms with Crippen LogP contribution < -0.4 is 4.74 Å². The van der Waals surface area contributed by atoms with Crippen LogP contribution in [0, 0.1) is 20.8 Å². The van der Waals surface area contributed by atoms with E-state index in [0.717, 1.165) is 29.0 Å². The minimum absolute atomic E-state index is 0.425. The van der Waals surface area contributed by atoms with E-state index in [2.05, 4.69) is 72.8 Å². The van der Waals surface area contributed by atoms with Crippen molar-refractivity contribution < 1.29 is 4.74 Å². The molecule has 0 spiro atoms. The Labute approximate surface area is 159 Å². The largest absolute Gasteiger partial charge is 0.486 e. The molecule has 0 unspecified atom stereocenters. The van der Waals surface area contributed by atoms with Crippen molar-refractivity contribution in [2.45, 2.75) is 51.8 Å². The van der Waals surface area contributed by atoms with Crippen molar-refractivity contribution in [1.82, 2.24) is 14.8 Å². The van der Waals surface area contributed by atoms with E-state index in [9.17, 15) is 0 Å². The van der Waals surface area contributed by atoms with Gasteiger partial charge in [0, 0.05) is 12.3 Å². The number of rotatable bonds is 7. The molecule has 0 N–H and O–H groups in total. The fourth-order valence-corrected chi connectivity index (χ4v) is 3.82. The molecule has 0 saturated carbocycles. The molecule has 136 valence electrons. The summed E-state index contributed by atoms with van der Waals surface area (Å²) in [5, 5.41) is 9.64. The molecule has 5 heteroatoms. The van der Waals surface area contributed by atoms with E-state index in [1.54, 1.807) is 11.8 Å². The predicted octanol–water partition coefficient (Wildman–Crippen LogP) is 5.09. The molecule has 0 aliphatic rings. The van der Waals surface area contributed by atoms with Crippen molar-refractivity contribution in [1.29, 1.82) is 0 Å². The topological polar surface area (TPSA) is 39.9 Å². The quantitative estimate of drug-likeness (QED) is 0.545. The molecule has 3 rings (SSSR count). The lowest BCUT2D eigenvalue weighted by Crippen LogP contribution is -2.07. The van der Waals surface area contributed by atoms with E-state index >= 15 is 0 Å². The van der Waals surface area contributed by atoms with E-state index in [-0.39, 0.29) is 0 Å². The van der Waals surface area contributed by atoms with Crippen LogP contribution in [0.2, 0.25) is 0 Å². The maximum Gasteiger partial charge on any atom is 0.191 e. The van der Waals surface area contributed by atoms with Crippen molar-refractivity contribution in [3.8, 4) is 5.75 Å². The predicted molar refractivity (Wildman–Crippen MR) is 107 cm³/mol. The van der Waals surface area contributed by atoms with Gasteiger partial charge in [0.25, 0.3) is 0 Å². The third-order valence-electron chi connectivity index (χ3n) is 4.16. The average Bonchev–Trinajstić information content (AvgIpc) is 3.00. The van der Waals surface area contributed by atoms with Gasteiger partial charge in [0.15, 0.2) is 11.0 Å². The van der Waals surface area contributed by atoms with Gasteiger partial charge in [-0.05, 0) is 56.5 Å². The van der Waals surface area contributed by atoms with Gasteiger partial charge in [-0.2, -0.15) is 0 Å². The van der Waals surface area contributed by atoms with E-state index in [1.165, 1.54) is 22.3 Å². The van der Waals surface area contributed by atoms with Crippen LogP contribution in [0.1, 0.15) is 35.0 Å². The molecule has 3 aromatic rings. The fourth-order valence-electron chi connectivity index (χ4n) is 2.85. The highest BCUT2D eigenvalue weighted by atomic mass is 32.2. The summed E-state index contributed by atoms with van der Waals surface area (Å²) in [5.41, 5.74) is 4.97. The fraction of sp³-hybridized carbons (Fsp3) is 0.333. The minimum Gasteiger partial charge on any atom is -0.486 e. The van der Waals surface area contributed by atoms with E-state index in [1.807, 2.05) is 12.1 Å². The van der Waals surface area contributed by atoms with E-state index in [0.29, 0.717) is 6.61 Å². The summed E-state index contributed by atoms with van der Waals surface area (Å²) >= 11 is 1.71. The van der Waals surface area contributed by atoms with Crippen LogP contribution in [-0.2, 0) is 18.9 Å². The molecule has 0 aliphatic heterocycles. The molecule has 0 aliphatic carbocycles. The summed E-state index contributed by atoms with van der Waals surface area (Å²) in [5.74, 6) is 2.62. The van der Waals surface area contributed by atoms with Crippen LogP contribution >= 0.6 is 11.8 Å². The lowest BCUT2D eigenvalue weighted by Gasteiger charge is -2.10. The Balaban J connectivity index is 1.66. The summed E-state index contributed by atoms with van der Waals surface area (Å²) in [6.07, 6.45) is 0. The van der Waals surface area contributed by atoms with E-state index < -0.39 is 0 Å². The Kier molecular flexibility index (Phi) is 5.99. The molecule has 4 nitrogen and oxygen atoms in total. The molecule has 0 radical (unpaired) electrons. The number of benzene rings is 2. The summed E-state index contributed by atoms with van der Waals surface area (Å²) in [6.45, 7) is 9.62. The Bertz CT molecular complexity index is 851.